The Labute approximate surface area is 125 Å². The van der Waals surface area contributed by atoms with Crippen molar-refractivity contribution in [2.24, 2.45) is 5.73 Å². The highest BCUT2D eigenvalue weighted by molar-refractivity contribution is 7.91. The lowest BCUT2D eigenvalue weighted by atomic mass is 10.4. The van der Waals surface area contributed by atoms with Crippen LogP contribution in [0, 0.1) is 0 Å². The van der Waals surface area contributed by atoms with Gasteiger partial charge in [0.15, 0.2) is 0 Å². The van der Waals surface area contributed by atoms with E-state index in [2.05, 4.69) is 0 Å². The lowest BCUT2D eigenvalue weighted by molar-refractivity contribution is 0.484. The van der Waals surface area contributed by atoms with Gasteiger partial charge in [0.1, 0.15) is 14.7 Å². The van der Waals surface area contributed by atoms with Crippen LogP contribution in [0.25, 0.3) is 0 Å². The molecule has 1 aliphatic rings. The first-order chi connectivity index (χ1) is 9.65. The van der Waals surface area contributed by atoms with Crippen molar-refractivity contribution in [1.29, 1.82) is 0 Å². The SMILES string of the molecule is CN(CCS(C)(=O)=O)S(=O)(=O)c1cc(CN)n(C2CC2)c1. The van der Waals surface area contributed by atoms with Gasteiger partial charge in [0.05, 0.1) is 5.75 Å². The molecule has 0 aromatic carbocycles. The quantitative estimate of drug-likeness (QED) is 0.752. The van der Waals surface area contributed by atoms with Crippen molar-refractivity contribution in [3.8, 4) is 0 Å². The Bertz CT molecular complexity index is 718. The summed E-state index contributed by atoms with van der Waals surface area (Å²) in [4.78, 5) is 0.172. The molecule has 1 aliphatic carbocycles. The predicted molar refractivity (Wildman–Crippen MR) is 80.1 cm³/mol. The molecule has 1 heterocycles. The maximum atomic E-state index is 12.5. The van der Waals surface area contributed by atoms with E-state index in [4.69, 9.17) is 5.73 Å². The van der Waals surface area contributed by atoms with E-state index in [0.29, 0.717) is 6.04 Å². The fourth-order valence-corrected chi connectivity index (χ4v) is 4.03. The number of nitrogens with two attached hydrogens (primary N) is 1. The minimum Gasteiger partial charge on any atom is -0.346 e. The third-order valence-electron chi connectivity index (χ3n) is 3.54. The second-order valence-corrected chi connectivity index (χ2v) is 9.77. The van der Waals surface area contributed by atoms with Gasteiger partial charge < -0.3 is 10.3 Å². The van der Waals surface area contributed by atoms with Crippen LogP contribution < -0.4 is 5.73 Å². The molecule has 0 spiro atoms. The van der Waals surface area contributed by atoms with E-state index >= 15 is 0 Å². The van der Waals surface area contributed by atoms with E-state index in [9.17, 15) is 16.8 Å². The van der Waals surface area contributed by atoms with Gasteiger partial charge in [-0.05, 0) is 18.9 Å². The summed E-state index contributed by atoms with van der Waals surface area (Å²) in [5, 5.41) is 0. The van der Waals surface area contributed by atoms with Crippen LogP contribution in [0.15, 0.2) is 17.2 Å². The van der Waals surface area contributed by atoms with E-state index in [1.807, 2.05) is 4.57 Å². The van der Waals surface area contributed by atoms with Crippen molar-refractivity contribution >= 4 is 19.9 Å². The molecule has 120 valence electrons. The highest BCUT2D eigenvalue weighted by atomic mass is 32.2. The second-order valence-electron chi connectivity index (χ2n) is 5.47. The van der Waals surface area contributed by atoms with Crippen LogP contribution in [0.3, 0.4) is 0 Å². The predicted octanol–water partition coefficient (Wildman–Crippen LogP) is -0.0532. The summed E-state index contributed by atoms with van der Waals surface area (Å²) in [6.45, 7) is 0.215. The van der Waals surface area contributed by atoms with E-state index in [1.165, 1.54) is 7.05 Å². The number of aromatic nitrogens is 1. The number of sulfonamides is 1. The molecular weight excluding hydrogens is 314 g/mol. The van der Waals surface area contributed by atoms with Gasteiger partial charge in [-0.3, -0.25) is 0 Å². The van der Waals surface area contributed by atoms with Gasteiger partial charge in [0.25, 0.3) is 0 Å². The van der Waals surface area contributed by atoms with Gasteiger partial charge >= 0.3 is 0 Å². The largest absolute Gasteiger partial charge is 0.346 e. The van der Waals surface area contributed by atoms with Crippen LogP contribution in [0.4, 0.5) is 0 Å². The van der Waals surface area contributed by atoms with E-state index < -0.39 is 19.9 Å². The molecule has 7 nitrogen and oxygen atoms in total. The number of hydrogen-bond acceptors (Lipinski definition) is 5. The monoisotopic (exact) mass is 335 g/mol. The zero-order chi connectivity index (χ0) is 15.8. The summed E-state index contributed by atoms with van der Waals surface area (Å²) in [5.74, 6) is -0.199. The van der Waals surface area contributed by atoms with Crippen molar-refractivity contribution in [3.63, 3.8) is 0 Å². The average Bonchev–Trinajstić information content (AvgIpc) is 3.13. The lowest BCUT2D eigenvalue weighted by Crippen LogP contribution is -2.31. The maximum absolute atomic E-state index is 12.5. The zero-order valence-electron chi connectivity index (χ0n) is 12.2. The maximum Gasteiger partial charge on any atom is 0.244 e. The van der Waals surface area contributed by atoms with Crippen LogP contribution in [0.1, 0.15) is 24.6 Å². The molecule has 2 rings (SSSR count). The third-order valence-corrected chi connectivity index (χ3v) is 6.29. The van der Waals surface area contributed by atoms with Crippen molar-refractivity contribution in [2.45, 2.75) is 30.3 Å². The number of hydrogen-bond donors (Lipinski definition) is 1. The lowest BCUT2D eigenvalue weighted by Gasteiger charge is -2.15. The molecule has 0 bridgehead atoms. The fraction of sp³-hybridized carbons (Fsp3) is 0.667. The third kappa shape index (κ3) is 3.85. The van der Waals surface area contributed by atoms with Crippen LogP contribution >= 0.6 is 0 Å². The minimum absolute atomic E-state index is 0.0618. The summed E-state index contributed by atoms with van der Waals surface area (Å²) in [5.41, 5.74) is 6.44. The molecule has 0 amide bonds. The highest BCUT2D eigenvalue weighted by Crippen LogP contribution is 2.37. The van der Waals surface area contributed by atoms with Gasteiger partial charge in [0.2, 0.25) is 10.0 Å². The molecule has 21 heavy (non-hydrogen) atoms. The Kier molecular flexibility index (Phi) is 4.48. The molecule has 0 aliphatic heterocycles. The Balaban J connectivity index is 2.22. The summed E-state index contributed by atoms with van der Waals surface area (Å²) in [7, 11) is -5.50. The molecule has 0 saturated heterocycles. The van der Waals surface area contributed by atoms with Gasteiger partial charge in [-0.1, -0.05) is 0 Å². The van der Waals surface area contributed by atoms with E-state index in [1.54, 1.807) is 12.3 Å². The number of rotatable bonds is 7. The van der Waals surface area contributed by atoms with Crippen molar-refractivity contribution < 1.29 is 16.8 Å². The van der Waals surface area contributed by atoms with Gasteiger partial charge in [-0.15, -0.1) is 0 Å². The Morgan fingerprint density at radius 3 is 2.43 bits per heavy atom. The van der Waals surface area contributed by atoms with Gasteiger partial charge in [-0.25, -0.2) is 16.8 Å². The Hall–Kier alpha value is -0.900. The average molecular weight is 335 g/mol. The van der Waals surface area contributed by atoms with Gasteiger partial charge in [-0.2, -0.15) is 4.31 Å². The van der Waals surface area contributed by atoms with Crippen LogP contribution in [0.2, 0.25) is 0 Å². The van der Waals surface area contributed by atoms with Crippen molar-refractivity contribution in [1.82, 2.24) is 8.87 Å². The molecule has 1 saturated carbocycles. The summed E-state index contributed by atoms with van der Waals surface area (Å²) >= 11 is 0. The standard InChI is InChI=1S/C12H21N3O4S2/c1-14(5-6-20(2,16)17)21(18,19)12-7-11(8-13)15(9-12)10-3-4-10/h7,9-10H,3-6,8,13H2,1-2H3. The molecule has 1 fully saturated rings. The molecule has 0 atom stereocenters. The number of nitrogens with zero attached hydrogens (tertiary/aromatic N) is 2. The highest BCUT2D eigenvalue weighted by Gasteiger charge is 2.29. The first-order valence-electron chi connectivity index (χ1n) is 6.70. The summed E-state index contributed by atoms with van der Waals surface area (Å²) < 4.78 is 50.2. The van der Waals surface area contributed by atoms with Gasteiger partial charge in [0, 0.05) is 44.3 Å². The van der Waals surface area contributed by atoms with Crippen LogP contribution in [-0.2, 0) is 26.4 Å². The topological polar surface area (TPSA) is 102 Å². The van der Waals surface area contributed by atoms with E-state index in [0.717, 1.165) is 29.1 Å². The molecule has 2 N–H and O–H groups in total. The molecule has 0 radical (unpaired) electrons. The molecule has 9 heteroatoms. The second kappa shape index (κ2) is 5.71. The van der Waals surface area contributed by atoms with Crippen molar-refractivity contribution in [3.05, 3.63) is 18.0 Å². The first-order valence-corrected chi connectivity index (χ1v) is 10.2. The Morgan fingerprint density at radius 2 is 1.95 bits per heavy atom. The molecular formula is C12H21N3O4S2. The summed E-state index contributed by atoms with van der Waals surface area (Å²) in [6.07, 6.45) is 4.76. The van der Waals surface area contributed by atoms with E-state index in [-0.39, 0.29) is 23.7 Å². The minimum atomic E-state index is -3.69. The summed E-state index contributed by atoms with van der Waals surface area (Å²) in [6, 6.07) is 1.92. The number of sulfone groups is 1. The van der Waals surface area contributed by atoms with Crippen molar-refractivity contribution in [2.75, 3.05) is 25.6 Å². The zero-order valence-corrected chi connectivity index (χ0v) is 13.8. The Morgan fingerprint density at radius 1 is 1.33 bits per heavy atom. The fourth-order valence-electron chi connectivity index (χ4n) is 2.09. The molecule has 1 aromatic heterocycles. The normalized spacial score (nSPS) is 16.6. The van der Waals surface area contributed by atoms with Crippen LogP contribution in [0.5, 0.6) is 0 Å². The van der Waals surface area contributed by atoms with Crippen LogP contribution in [-0.4, -0.2) is 51.3 Å². The first kappa shape index (κ1) is 16.5. The molecule has 1 aromatic rings. The smallest absolute Gasteiger partial charge is 0.244 e. The molecule has 0 unspecified atom stereocenters.